The first-order valence-corrected chi connectivity index (χ1v) is 10.7. The van der Waals surface area contributed by atoms with Gasteiger partial charge in [0.2, 0.25) is 0 Å². The van der Waals surface area contributed by atoms with E-state index in [9.17, 15) is 23.3 Å². The van der Waals surface area contributed by atoms with Gasteiger partial charge in [0.05, 0.1) is 11.1 Å². The van der Waals surface area contributed by atoms with Gasteiger partial charge in [0, 0.05) is 37.0 Å². The average molecular weight is 444 g/mol. The van der Waals surface area contributed by atoms with Gasteiger partial charge in [0.1, 0.15) is 10.6 Å². The van der Waals surface area contributed by atoms with E-state index in [1.807, 2.05) is 13.1 Å². The summed E-state index contributed by atoms with van der Waals surface area (Å²) in [6.07, 6.45) is 4.39. The largest absolute Gasteiger partial charge is 0.379 e. The molecule has 0 bridgehead atoms. The van der Waals surface area contributed by atoms with Crippen LogP contribution in [0.25, 0.3) is 0 Å². The zero-order chi connectivity index (χ0) is 22.4. The highest BCUT2D eigenvalue weighted by Crippen LogP contribution is 2.22. The first-order valence-electron chi connectivity index (χ1n) is 9.31. The van der Waals surface area contributed by atoms with Gasteiger partial charge in [-0.15, -0.1) is 0 Å². The molecule has 10 nitrogen and oxygen atoms in total. The molecule has 0 radical (unpaired) electrons. The quantitative estimate of drug-likeness (QED) is 0.232. The van der Waals surface area contributed by atoms with Crippen molar-refractivity contribution in [3.8, 4) is 5.75 Å². The van der Waals surface area contributed by atoms with Crippen LogP contribution in [0.4, 0.5) is 5.69 Å². The molecule has 31 heavy (non-hydrogen) atoms. The number of nitrogens with zero attached hydrogens (tertiary/aromatic N) is 3. The fourth-order valence-electron chi connectivity index (χ4n) is 2.72. The molecule has 0 aliphatic carbocycles. The molecule has 0 spiro atoms. The third-order valence-electron chi connectivity index (χ3n) is 4.25. The van der Waals surface area contributed by atoms with E-state index in [0.29, 0.717) is 25.1 Å². The van der Waals surface area contributed by atoms with Crippen molar-refractivity contribution in [1.82, 2.24) is 15.1 Å². The van der Waals surface area contributed by atoms with E-state index in [1.54, 1.807) is 10.9 Å². The number of amides is 1. The molecular formula is C20H20N4O6S. The van der Waals surface area contributed by atoms with Crippen LogP contribution in [0.3, 0.4) is 0 Å². The normalized spacial score (nSPS) is 11.1. The Kier molecular flexibility index (Phi) is 6.65. The summed E-state index contributed by atoms with van der Waals surface area (Å²) >= 11 is 0. The van der Waals surface area contributed by atoms with Crippen LogP contribution < -0.4 is 9.50 Å². The second-order valence-corrected chi connectivity index (χ2v) is 8.25. The number of carbonyl (C=O) groups excluding carboxylic acids is 1. The monoisotopic (exact) mass is 444 g/mol. The van der Waals surface area contributed by atoms with Crippen LogP contribution in [0.5, 0.6) is 5.75 Å². The van der Waals surface area contributed by atoms with E-state index in [-0.39, 0.29) is 22.2 Å². The van der Waals surface area contributed by atoms with Crippen LogP contribution in [0.1, 0.15) is 22.3 Å². The number of benzene rings is 2. The molecule has 0 aliphatic rings. The number of aryl methyl sites for hydroxylation is 2. The maximum Gasteiger partial charge on any atom is 0.339 e. The summed E-state index contributed by atoms with van der Waals surface area (Å²) in [6.45, 7) is 3.08. The lowest BCUT2D eigenvalue weighted by Gasteiger charge is -2.08. The summed E-state index contributed by atoms with van der Waals surface area (Å²) in [5.41, 5.74) is 1.05. The molecule has 0 fully saturated rings. The number of nitrogens with one attached hydrogen (secondary N) is 1. The number of rotatable bonds is 9. The molecule has 1 heterocycles. The van der Waals surface area contributed by atoms with Crippen LogP contribution in [-0.4, -0.2) is 35.6 Å². The van der Waals surface area contributed by atoms with Crippen molar-refractivity contribution in [2.45, 2.75) is 24.8 Å². The van der Waals surface area contributed by atoms with E-state index in [4.69, 9.17) is 4.18 Å². The third-order valence-corrected chi connectivity index (χ3v) is 5.49. The van der Waals surface area contributed by atoms with E-state index in [0.717, 1.165) is 11.6 Å². The standard InChI is InChI=1S/C20H20N4O6S/c1-15-13-22-23(14-15)11-3-10-21-20(25)16-6-8-18(9-7-16)30-31(28,29)19-5-2-4-17(12-19)24(26)27/h2,4-9,12-14H,3,10-11H2,1H3,(H,21,25). The highest BCUT2D eigenvalue weighted by atomic mass is 32.2. The molecule has 0 aliphatic heterocycles. The number of non-ortho nitro benzene ring substituents is 1. The van der Waals surface area contributed by atoms with Crippen molar-refractivity contribution < 1.29 is 22.3 Å². The summed E-state index contributed by atoms with van der Waals surface area (Å²) in [5.74, 6) is -0.318. The van der Waals surface area contributed by atoms with Gasteiger partial charge in [-0.05, 0) is 49.2 Å². The van der Waals surface area contributed by atoms with E-state index in [1.165, 1.54) is 42.5 Å². The van der Waals surface area contributed by atoms with Gasteiger partial charge in [-0.2, -0.15) is 13.5 Å². The molecule has 1 aromatic heterocycles. The fraction of sp³-hybridized carbons (Fsp3) is 0.200. The van der Waals surface area contributed by atoms with Crippen LogP contribution in [0.15, 0.2) is 65.8 Å². The van der Waals surface area contributed by atoms with Gasteiger partial charge in [-0.1, -0.05) is 6.07 Å². The van der Waals surface area contributed by atoms with Crippen molar-refractivity contribution in [2.75, 3.05) is 6.54 Å². The number of aromatic nitrogens is 2. The van der Waals surface area contributed by atoms with Gasteiger partial charge in [-0.25, -0.2) is 0 Å². The maximum absolute atomic E-state index is 12.4. The van der Waals surface area contributed by atoms with Crippen LogP contribution in [0, 0.1) is 17.0 Å². The molecule has 0 saturated heterocycles. The zero-order valence-corrected chi connectivity index (χ0v) is 17.4. The average Bonchev–Trinajstić information content (AvgIpc) is 3.16. The Labute approximate surface area is 178 Å². The predicted octanol–water partition coefficient (Wildman–Crippen LogP) is 2.69. The van der Waals surface area contributed by atoms with Crippen molar-refractivity contribution in [2.24, 2.45) is 0 Å². The van der Waals surface area contributed by atoms with Gasteiger partial charge < -0.3 is 9.50 Å². The van der Waals surface area contributed by atoms with Crippen LogP contribution >= 0.6 is 0 Å². The van der Waals surface area contributed by atoms with Gasteiger partial charge >= 0.3 is 10.1 Å². The summed E-state index contributed by atoms with van der Waals surface area (Å²) < 4.78 is 31.5. The van der Waals surface area contributed by atoms with Gasteiger partial charge in [0.15, 0.2) is 0 Å². The van der Waals surface area contributed by atoms with Crippen LogP contribution in [0.2, 0.25) is 0 Å². The third kappa shape index (κ3) is 5.89. The maximum atomic E-state index is 12.4. The first-order chi connectivity index (χ1) is 14.7. The number of nitro benzene ring substituents is 1. The molecule has 3 aromatic rings. The first kappa shape index (κ1) is 22.0. The van der Waals surface area contributed by atoms with E-state index >= 15 is 0 Å². The summed E-state index contributed by atoms with van der Waals surface area (Å²) in [4.78, 5) is 22.0. The zero-order valence-electron chi connectivity index (χ0n) is 16.6. The fourth-order valence-corrected chi connectivity index (χ4v) is 3.69. The van der Waals surface area contributed by atoms with E-state index in [2.05, 4.69) is 10.4 Å². The summed E-state index contributed by atoms with van der Waals surface area (Å²) in [7, 11) is -4.26. The van der Waals surface area contributed by atoms with E-state index < -0.39 is 15.0 Å². The lowest BCUT2D eigenvalue weighted by Crippen LogP contribution is -2.25. The summed E-state index contributed by atoms with van der Waals surface area (Å²) in [6, 6.07) is 10.1. The number of hydrogen-bond acceptors (Lipinski definition) is 7. The Morgan fingerprint density at radius 3 is 2.61 bits per heavy atom. The minimum atomic E-state index is -4.26. The molecule has 2 aromatic carbocycles. The molecule has 162 valence electrons. The second-order valence-electron chi connectivity index (χ2n) is 6.71. The Bertz CT molecular complexity index is 1190. The molecule has 0 atom stereocenters. The minimum absolute atomic E-state index is 0.0166. The molecular weight excluding hydrogens is 424 g/mol. The molecule has 0 unspecified atom stereocenters. The molecule has 3 rings (SSSR count). The molecule has 0 saturated carbocycles. The van der Waals surface area contributed by atoms with Gasteiger partial charge in [-0.3, -0.25) is 19.6 Å². The number of hydrogen-bond donors (Lipinski definition) is 1. The Morgan fingerprint density at radius 1 is 1.23 bits per heavy atom. The van der Waals surface area contributed by atoms with Crippen molar-refractivity contribution in [3.05, 3.63) is 82.2 Å². The predicted molar refractivity (Wildman–Crippen MR) is 111 cm³/mol. The van der Waals surface area contributed by atoms with Gasteiger partial charge in [0.25, 0.3) is 11.6 Å². The van der Waals surface area contributed by atoms with Crippen molar-refractivity contribution in [1.29, 1.82) is 0 Å². The Morgan fingerprint density at radius 2 is 1.97 bits per heavy atom. The lowest BCUT2D eigenvalue weighted by atomic mass is 10.2. The molecule has 1 amide bonds. The second kappa shape index (κ2) is 9.39. The Hall–Kier alpha value is -3.73. The number of nitro groups is 1. The number of carbonyl (C=O) groups is 1. The topological polar surface area (TPSA) is 133 Å². The highest BCUT2D eigenvalue weighted by molar-refractivity contribution is 7.87. The van der Waals surface area contributed by atoms with Crippen molar-refractivity contribution >= 4 is 21.7 Å². The van der Waals surface area contributed by atoms with Crippen molar-refractivity contribution in [3.63, 3.8) is 0 Å². The summed E-state index contributed by atoms with van der Waals surface area (Å²) in [5, 5.41) is 17.8. The Balaban J connectivity index is 1.56. The highest BCUT2D eigenvalue weighted by Gasteiger charge is 2.20. The molecule has 11 heteroatoms. The molecule has 1 N–H and O–H groups in total. The SMILES string of the molecule is Cc1cnn(CCCNC(=O)c2ccc(OS(=O)(=O)c3cccc([N+](=O)[O-])c3)cc2)c1. The van der Waals surface area contributed by atoms with Crippen LogP contribution in [-0.2, 0) is 16.7 Å². The smallest absolute Gasteiger partial charge is 0.339 e. The lowest BCUT2D eigenvalue weighted by molar-refractivity contribution is -0.385. The minimum Gasteiger partial charge on any atom is -0.379 e.